The number of rotatable bonds is 1. The van der Waals surface area contributed by atoms with Crippen molar-refractivity contribution in [2.24, 2.45) is 10.9 Å². The van der Waals surface area contributed by atoms with E-state index in [1.54, 1.807) is 7.11 Å². The molecule has 0 spiro atoms. The summed E-state index contributed by atoms with van der Waals surface area (Å²) in [7, 11) is 1.63. The van der Waals surface area contributed by atoms with Crippen molar-refractivity contribution < 1.29 is 9.47 Å². The van der Waals surface area contributed by atoms with Crippen LogP contribution in [0.5, 0.6) is 0 Å². The fraction of sp³-hybridized carbons (Fsp3) is 0.875. The lowest BCUT2D eigenvalue weighted by atomic mass is 10.1. The molecule has 0 saturated heterocycles. The SMILES string of the molecule is COC1=NC(C(C)C)COC1. The van der Waals surface area contributed by atoms with Crippen LogP contribution in [0.15, 0.2) is 4.99 Å². The first kappa shape index (κ1) is 8.53. The number of aliphatic imine (C=N–C) groups is 1. The molecule has 0 bridgehead atoms. The van der Waals surface area contributed by atoms with Gasteiger partial charge in [-0.05, 0) is 5.92 Å². The first-order valence-electron chi connectivity index (χ1n) is 3.92. The molecule has 1 rings (SSSR count). The Morgan fingerprint density at radius 1 is 1.64 bits per heavy atom. The second kappa shape index (κ2) is 3.72. The van der Waals surface area contributed by atoms with E-state index in [0.29, 0.717) is 12.5 Å². The van der Waals surface area contributed by atoms with E-state index in [4.69, 9.17) is 9.47 Å². The van der Waals surface area contributed by atoms with Crippen LogP contribution in [-0.2, 0) is 9.47 Å². The van der Waals surface area contributed by atoms with Gasteiger partial charge in [0.15, 0.2) is 0 Å². The van der Waals surface area contributed by atoms with Crippen LogP contribution in [-0.4, -0.2) is 32.3 Å². The summed E-state index contributed by atoms with van der Waals surface area (Å²) in [6, 6.07) is 0.277. The zero-order chi connectivity index (χ0) is 8.27. The molecule has 1 aliphatic heterocycles. The third-order valence-electron chi connectivity index (χ3n) is 1.83. The summed E-state index contributed by atoms with van der Waals surface area (Å²) in [5, 5.41) is 0. The van der Waals surface area contributed by atoms with E-state index in [-0.39, 0.29) is 6.04 Å². The van der Waals surface area contributed by atoms with Crippen molar-refractivity contribution in [1.82, 2.24) is 0 Å². The summed E-state index contributed by atoms with van der Waals surface area (Å²) >= 11 is 0. The van der Waals surface area contributed by atoms with Crippen LogP contribution in [0.1, 0.15) is 13.8 Å². The Bertz CT molecular complexity index is 154. The Hall–Kier alpha value is -0.570. The molecule has 0 N–H and O–H groups in total. The zero-order valence-electron chi connectivity index (χ0n) is 7.33. The molecular formula is C8H15NO2. The second-order valence-corrected chi connectivity index (χ2v) is 3.05. The van der Waals surface area contributed by atoms with Crippen molar-refractivity contribution in [1.29, 1.82) is 0 Å². The molecule has 0 radical (unpaired) electrons. The summed E-state index contributed by atoms with van der Waals surface area (Å²) < 4.78 is 10.3. The molecule has 0 aromatic heterocycles. The molecule has 0 amide bonds. The maximum atomic E-state index is 5.29. The van der Waals surface area contributed by atoms with Gasteiger partial charge in [0.1, 0.15) is 6.61 Å². The lowest BCUT2D eigenvalue weighted by molar-refractivity contribution is 0.112. The first-order valence-corrected chi connectivity index (χ1v) is 3.92. The Kier molecular flexibility index (Phi) is 2.88. The molecule has 11 heavy (non-hydrogen) atoms. The summed E-state index contributed by atoms with van der Waals surface area (Å²) in [4.78, 5) is 4.37. The van der Waals surface area contributed by atoms with Crippen molar-refractivity contribution in [3.63, 3.8) is 0 Å². The van der Waals surface area contributed by atoms with Crippen molar-refractivity contribution >= 4 is 5.90 Å². The van der Waals surface area contributed by atoms with Gasteiger partial charge in [-0.25, -0.2) is 4.99 Å². The molecule has 1 heterocycles. The maximum Gasteiger partial charge on any atom is 0.210 e. The predicted molar refractivity (Wildman–Crippen MR) is 43.9 cm³/mol. The summed E-state index contributed by atoms with van der Waals surface area (Å²) in [5.41, 5.74) is 0. The second-order valence-electron chi connectivity index (χ2n) is 3.05. The molecule has 0 fully saturated rings. The predicted octanol–water partition coefficient (Wildman–Crippen LogP) is 1.09. The minimum absolute atomic E-state index is 0.277. The number of hydrogen-bond donors (Lipinski definition) is 0. The summed E-state index contributed by atoms with van der Waals surface area (Å²) in [5.74, 6) is 1.25. The Morgan fingerprint density at radius 2 is 2.36 bits per heavy atom. The number of methoxy groups -OCH3 is 1. The highest BCUT2D eigenvalue weighted by molar-refractivity contribution is 5.77. The van der Waals surface area contributed by atoms with Gasteiger partial charge in [-0.15, -0.1) is 0 Å². The highest BCUT2D eigenvalue weighted by Crippen LogP contribution is 2.11. The third-order valence-corrected chi connectivity index (χ3v) is 1.83. The topological polar surface area (TPSA) is 30.8 Å². The van der Waals surface area contributed by atoms with E-state index < -0.39 is 0 Å². The van der Waals surface area contributed by atoms with Crippen LogP contribution in [0.4, 0.5) is 0 Å². The Morgan fingerprint density at radius 3 is 2.91 bits per heavy atom. The molecule has 1 atom stereocenters. The van der Waals surface area contributed by atoms with Crippen LogP contribution in [0.3, 0.4) is 0 Å². The van der Waals surface area contributed by atoms with Crippen molar-refractivity contribution in [3.05, 3.63) is 0 Å². The van der Waals surface area contributed by atoms with Gasteiger partial charge in [0.2, 0.25) is 5.90 Å². The minimum atomic E-state index is 0.277. The molecule has 1 unspecified atom stereocenters. The fourth-order valence-corrected chi connectivity index (χ4v) is 0.980. The minimum Gasteiger partial charge on any atom is -0.483 e. The van der Waals surface area contributed by atoms with Gasteiger partial charge in [0.25, 0.3) is 0 Å². The van der Waals surface area contributed by atoms with Gasteiger partial charge < -0.3 is 9.47 Å². The van der Waals surface area contributed by atoms with Gasteiger partial charge >= 0.3 is 0 Å². The normalized spacial score (nSPS) is 25.1. The Labute approximate surface area is 67.4 Å². The maximum absolute atomic E-state index is 5.29. The lowest BCUT2D eigenvalue weighted by Gasteiger charge is -2.22. The summed E-state index contributed by atoms with van der Waals surface area (Å²) in [6.45, 7) is 5.52. The molecule has 3 heteroatoms. The zero-order valence-corrected chi connectivity index (χ0v) is 7.33. The van der Waals surface area contributed by atoms with Gasteiger partial charge in [-0.2, -0.15) is 0 Å². The van der Waals surface area contributed by atoms with E-state index in [1.165, 1.54) is 0 Å². The first-order chi connectivity index (χ1) is 5.24. The monoisotopic (exact) mass is 157 g/mol. The van der Waals surface area contributed by atoms with Gasteiger partial charge in [-0.3, -0.25) is 0 Å². The largest absolute Gasteiger partial charge is 0.483 e. The van der Waals surface area contributed by atoms with E-state index in [0.717, 1.165) is 12.5 Å². The number of hydrogen-bond acceptors (Lipinski definition) is 3. The number of nitrogens with zero attached hydrogens (tertiary/aromatic N) is 1. The van der Waals surface area contributed by atoms with Crippen LogP contribution in [0.25, 0.3) is 0 Å². The Balaban J connectivity index is 2.55. The average molecular weight is 157 g/mol. The quantitative estimate of drug-likeness (QED) is 0.570. The molecule has 0 aromatic rings. The smallest absolute Gasteiger partial charge is 0.210 e. The van der Waals surface area contributed by atoms with E-state index in [9.17, 15) is 0 Å². The van der Waals surface area contributed by atoms with E-state index in [2.05, 4.69) is 18.8 Å². The highest BCUT2D eigenvalue weighted by Gasteiger charge is 2.18. The molecule has 3 nitrogen and oxygen atoms in total. The molecule has 0 aromatic carbocycles. The fourth-order valence-electron chi connectivity index (χ4n) is 0.980. The van der Waals surface area contributed by atoms with Gasteiger partial charge in [0, 0.05) is 0 Å². The molecule has 0 aliphatic carbocycles. The van der Waals surface area contributed by atoms with E-state index >= 15 is 0 Å². The van der Waals surface area contributed by atoms with Gasteiger partial charge in [-0.1, -0.05) is 13.8 Å². The summed E-state index contributed by atoms with van der Waals surface area (Å²) in [6.07, 6.45) is 0. The average Bonchev–Trinajstić information content (AvgIpc) is 2.05. The van der Waals surface area contributed by atoms with Crippen molar-refractivity contribution in [3.8, 4) is 0 Å². The van der Waals surface area contributed by atoms with Gasteiger partial charge in [0.05, 0.1) is 19.8 Å². The third kappa shape index (κ3) is 2.19. The van der Waals surface area contributed by atoms with Crippen LogP contribution in [0.2, 0.25) is 0 Å². The van der Waals surface area contributed by atoms with E-state index in [1.807, 2.05) is 0 Å². The van der Waals surface area contributed by atoms with Crippen molar-refractivity contribution in [2.75, 3.05) is 20.3 Å². The lowest BCUT2D eigenvalue weighted by Crippen LogP contribution is -2.30. The van der Waals surface area contributed by atoms with Crippen LogP contribution in [0, 0.1) is 5.92 Å². The molecule has 64 valence electrons. The van der Waals surface area contributed by atoms with Crippen LogP contribution < -0.4 is 0 Å². The van der Waals surface area contributed by atoms with Crippen molar-refractivity contribution in [2.45, 2.75) is 19.9 Å². The molecule has 1 aliphatic rings. The van der Waals surface area contributed by atoms with Crippen LogP contribution >= 0.6 is 0 Å². The highest BCUT2D eigenvalue weighted by atomic mass is 16.5. The number of ether oxygens (including phenoxy) is 2. The molecule has 0 saturated carbocycles. The standard InChI is InChI=1S/C8H15NO2/c1-6(2)7-4-11-5-8(9-7)10-3/h6-7H,4-5H2,1-3H3. The molecular weight excluding hydrogens is 142 g/mol.